The minimum absolute atomic E-state index is 0.0346. The molecule has 98 valence electrons. The average Bonchev–Trinajstić information content (AvgIpc) is 2.95. The van der Waals surface area contributed by atoms with Gasteiger partial charge in [-0.25, -0.2) is 4.79 Å². The summed E-state index contributed by atoms with van der Waals surface area (Å²) in [5.41, 5.74) is 0. The van der Waals surface area contributed by atoms with Gasteiger partial charge in [0.05, 0.1) is 12.0 Å². The van der Waals surface area contributed by atoms with Crippen LogP contribution in [0.15, 0.2) is 0 Å². The number of hydrogen-bond acceptors (Lipinski definition) is 3. The van der Waals surface area contributed by atoms with Crippen LogP contribution >= 0.6 is 0 Å². The van der Waals surface area contributed by atoms with Crippen LogP contribution in [-0.4, -0.2) is 66.4 Å². The largest absolute Gasteiger partial charge is 0.355 e. The number of carbonyl (C=O) groups excluding carboxylic acids is 3. The van der Waals surface area contributed by atoms with E-state index in [1.807, 2.05) is 0 Å². The Balaban J connectivity index is 1.63. The van der Waals surface area contributed by atoms with E-state index in [2.05, 4.69) is 10.6 Å². The molecule has 0 aromatic rings. The van der Waals surface area contributed by atoms with Gasteiger partial charge in [0.25, 0.3) is 0 Å². The van der Waals surface area contributed by atoms with Gasteiger partial charge in [-0.1, -0.05) is 0 Å². The van der Waals surface area contributed by atoms with Crippen LogP contribution in [0.4, 0.5) is 4.79 Å². The van der Waals surface area contributed by atoms with Gasteiger partial charge in [0, 0.05) is 39.1 Å². The molecule has 2 unspecified atom stereocenters. The van der Waals surface area contributed by atoms with Gasteiger partial charge in [0.15, 0.2) is 0 Å². The molecule has 2 N–H and O–H groups in total. The van der Waals surface area contributed by atoms with Gasteiger partial charge < -0.3 is 20.4 Å². The molecule has 0 spiro atoms. The molecule has 3 heterocycles. The van der Waals surface area contributed by atoms with E-state index in [9.17, 15) is 14.4 Å². The van der Waals surface area contributed by atoms with E-state index >= 15 is 0 Å². The van der Waals surface area contributed by atoms with Gasteiger partial charge in [-0.05, 0) is 0 Å². The standard InChI is InChI=1S/C11H16N4O3/c16-9-3-7(4-12-9)10(17)14-1-2-15-8(6-14)5-13-11(15)18/h7-8H,1-6H2,(H,12,16)(H,13,18). The van der Waals surface area contributed by atoms with Crippen molar-refractivity contribution in [3.05, 3.63) is 0 Å². The van der Waals surface area contributed by atoms with Crippen LogP contribution in [0.5, 0.6) is 0 Å². The van der Waals surface area contributed by atoms with E-state index in [1.54, 1.807) is 9.80 Å². The Bertz CT molecular complexity index is 411. The fourth-order valence-corrected chi connectivity index (χ4v) is 2.84. The highest BCUT2D eigenvalue weighted by atomic mass is 16.2. The molecule has 0 bridgehead atoms. The Kier molecular flexibility index (Phi) is 2.61. The minimum Gasteiger partial charge on any atom is -0.355 e. The fourth-order valence-electron chi connectivity index (χ4n) is 2.84. The monoisotopic (exact) mass is 252 g/mol. The van der Waals surface area contributed by atoms with Crippen LogP contribution in [0.3, 0.4) is 0 Å². The number of rotatable bonds is 1. The summed E-state index contributed by atoms with van der Waals surface area (Å²) in [6.07, 6.45) is 0.293. The Morgan fingerprint density at radius 2 is 2.00 bits per heavy atom. The molecule has 0 aromatic carbocycles. The molecule has 3 rings (SSSR count). The third kappa shape index (κ3) is 1.79. The Hall–Kier alpha value is -1.79. The summed E-state index contributed by atoms with van der Waals surface area (Å²) < 4.78 is 0. The second-order valence-electron chi connectivity index (χ2n) is 5.02. The summed E-state index contributed by atoms with van der Waals surface area (Å²) >= 11 is 0. The van der Waals surface area contributed by atoms with Crippen LogP contribution < -0.4 is 10.6 Å². The van der Waals surface area contributed by atoms with E-state index < -0.39 is 0 Å². The summed E-state index contributed by atoms with van der Waals surface area (Å²) in [6.45, 7) is 2.76. The van der Waals surface area contributed by atoms with Crippen LogP contribution in [0.1, 0.15) is 6.42 Å². The van der Waals surface area contributed by atoms with E-state index in [1.165, 1.54) is 0 Å². The summed E-state index contributed by atoms with van der Waals surface area (Å²) in [7, 11) is 0. The predicted molar refractivity (Wildman–Crippen MR) is 61.6 cm³/mol. The zero-order valence-corrected chi connectivity index (χ0v) is 10.0. The summed E-state index contributed by atoms with van der Waals surface area (Å²) in [5, 5.41) is 5.46. The summed E-state index contributed by atoms with van der Waals surface area (Å²) in [6, 6.07) is 0.0464. The molecule has 3 fully saturated rings. The molecular weight excluding hydrogens is 236 g/mol. The second-order valence-corrected chi connectivity index (χ2v) is 5.02. The van der Waals surface area contributed by atoms with Crippen LogP contribution in [0, 0.1) is 5.92 Å². The fraction of sp³-hybridized carbons (Fsp3) is 0.727. The summed E-state index contributed by atoms with van der Waals surface area (Å²) in [5.74, 6) is -0.244. The highest BCUT2D eigenvalue weighted by molar-refractivity contribution is 5.89. The quantitative estimate of drug-likeness (QED) is 0.587. The van der Waals surface area contributed by atoms with Crippen molar-refractivity contribution in [1.29, 1.82) is 0 Å². The van der Waals surface area contributed by atoms with Crippen molar-refractivity contribution >= 4 is 17.8 Å². The molecule has 3 saturated heterocycles. The number of carbonyl (C=O) groups is 3. The lowest BCUT2D eigenvalue weighted by Crippen LogP contribution is -2.55. The van der Waals surface area contributed by atoms with Crippen molar-refractivity contribution in [3.8, 4) is 0 Å². The third-order valence-electron chi connectivity index (χ3n) is 3.87. The highest BCUT2D eigenvalue weighted by Gasteiger charge is 2.39. The maximum absolute atomic E-state index is 12.2. The third-order valence-corrected chi connectivity index (χ3v) is 3.87. The molecule has 0 radical (unpaired) electrons. The maximum atomic E-state index is 12.2. The smallest absolute Gasteiger partial charge is 0.317 e. The van der Waals surface area contributed by atoms with Gasteiger partial charge in [-0.15, -0.1) is 0 Å². The molecule has 0 aromatic heterocycles. The number of hydrogen-bond donors (Lipinski definition) is 2. The van der Waals surface area contributed by atoms with Gasteiger partial charge in [-0.2, -0.15) is 0 Å². The van der Waals surface area contributed by atoms with Crippen molar-refractivity contribution in [1.82, 2.24) is 20.4 Å². The normalized spacial score (nSPS) is 31.1. The second kappa shape index (κ2) is 4.15. The van der Waals surface area contributed by atoms with Crippen LogP contribution in [-0.2, 0) is 9.59 Å². The lowest BCUT2D eigenvalue weighted by Gasteiger charge is -2.37. The number of nitrogens with zero attached hydrogens (tertiary/aromatic N) is 2. The van der Waals surface area contributed by atoms with Crippen molar-refractivity contribution in [2.75, 3.05) is 32.7 Å². The van der Waals surface area contributed by atoms with Gasteiger partial charge in [-0.3, -0.25) is 9.59 Å². The Labute approximate surface area is 104 Å². The first-order valence-electron chi connectivity index (χ1n) is 6.25. The molecule has 3 aliphatic heterocycles. The lowest BCUT2D eigenvalue weighted by molar-refractivity contribution is -0.137. The van der Waals surface area contributed by atoms with Crippen molar-refractivity contribution in [3.63, 3.8) is 0 Å². The molecule has 3 aliphatic rings. The van der Waals surface area contributed by atoms with E-state index in [0.29, 0.717) is 39.1 Å². The zero-order chi connectivity index (χ0) is 12.7. The van der Waals surface area contributed by atoms with Crippen molar-refractivity contribution in [2.24, 2.45) is 5.92 Å². The maximum Gasteiger partial charge on any atom is 0.317 e. The van der Waals surface area contributed by atoms with Crippen LogP contribution in [0.25, 0.3) is 0 Å². The number of piperazine rings is 1. The Morgan fingerprint density at radius 3 is 2.72 bits per heavy atom. The van der Waals surface area contributed by atoms with E-state index in [4.69, 9.17) is 0 Å². The Morgan fingerprint density at radius 1 is 1.17 bits per heavy atom. The minimum atomic E-state index is -0.228. The molecule has 0 aliphatic carbocycles. The molecule has 7 nitrogen and oxygen atoms in total. The number of urea groups is 1. The van der Waals surface area contributed by atoms with Crippen molar-refractivity contribution in [2.45, 2.75) is 12.5 Å². The first-order chi connectivity index (χ1) is 8.65. The van der Waals surface area contributed by atoms with Crippen LogP contribution in [0.2, 0.25) is 0 Å². The SMILES string of the molecule is O=C1CC(C(=O)N2CCN3C(=O)NCC3C2)CN1. The molecule has 4 amide bonds. The molecule has 2 atom stereocenters. The predicted octanol–water partition coefficient (Wildman–Crippen LogP) is -1.64. The molecule has 7 heteroatoms. The van der Waals surface area contributed by atoms with E-state index in [0.717, 1.165) is 0 Å². The van der Waals surface area contributed by atoms with Gasteiger partial charge in [0.1, 0.15) is 0 Å². The number of amides is 4. The van der Waals surface area contributed by atoms with E-state index in [-0.39, 0.29) is 29.8 Å². The zero-order valence-electron chi connectivity index (χ0n) is 10.0. The topological polar surface area (TPSA) is 81.8 Å². The highest BCUT2D eigenvalue weighted by Crippen LogP contribution is 2.18. The van der Waals surface area contributed by atoms with Gasteiger partial charge in [0.2, 0.25) is 11.8 Å². The number of nitrogens with one attached hydrogen (secondary N) is 2. The first-order valence-corrected chi connectivity index (χ1v) is 6.25. The number of fused-ring (bicyclic) bond motifs is 1. The first kappa shape index (κ1) is 11.3. The average molecular weight is 252 g/mol. The molecular formula is C11H16N4O3. The lowest BCUT2D eigenvalue weighted by atomic mass is 10.1. The molecule has 18 heavy (non-hydrogen) atoms. The van der Waals surface area contributed by atoms with Crippen molar-refractivity contribution < 1.29 is 14.4 Å². The summed E-state index contributed by atoms with van der Waals surface area (Å²) in [4.78, 5) is 38.4. The molecule has 0 saturated carbocycles. The van der Waals surface area contributed by atoms with Gasteiger partial charge >= 0.3 is 6.03 Å².